The third-order valence-electron chi connectivity index (χ3n) is 4.17. The molecule has 1 aliphatic carbocycles. The van der Waals surface area contributed by atoms with E-state index < -0.39 is 6.09 Å². The molecular weight excluding hydrogens is 308 g/mol. The molecule has 1 fully saturated rings. The van der Waals surface area contributed by atoms with Gasteiger partial charge in [-0.1, -0.05) is 22.9 Å². The minimum Gasteiger partial charge on any atom is -0.465 e. The summed E-state index contributed by atoms with van der Waals surface area (Å²) in [6.07, 6.45) is 1.53. The molecular formula is C14H17BrN2O2. The van der Waals surface area contributed by atoms with Crippen molar-refractivity contribution in [3.63, 3.8) is 0 Å². The normalized spacial score (nSPS) is 29.3. The summed E-state index contributed by atoms with van der Waals surface area (Å²) in [6.45, 7) is 2.13. The van der Waals surface area contributed by atoms with Crippen molar-refractivity contribution in [2.45, 2.75) is 31.8 Å². The molecule has 1 saturated carbocycles. The first kappa shape index (κ1) is 12.8. The summed E-state index contributed by atoms with van der Waals surface area (Å²) in [4.78, 5) is 11.1. The predicted octanol–water partition coefficient (Wildman–Crippen LogP) is 3.60. The van der Waals surface area contributed by atoms with E-state index >= 15 is 0 Å². The van der Waals surface area contributed by atoms with E-state index in [4.69, 9.17) is 5.11 Å². The Morgan fingerprint density at radius 3 is 2.84 bits per heavy atom. The first-order valence-corrected chi connectivity index (χ1v) is 7.41. The fourth-order valence-electron chi connectivity index (χ4n) is 3.07. The van der Waals surface area contributed by atoms with Crippen LogP contribution in [0.2, 0.25) is 0 Å². The molecule has 0 aromatic heterocycles. The largest absolute Gasteiger partial charge is 0.465 e. The minimum atomic E-state index is -0.959. The van der Waals surface area contributed by atoms with Gasteiger partial charge in [0.1, 0.15) is 0 Å². The van der Waals surface area contributed by atoms with E-state index in [1.807, 2.05) is 18.2 Å². The van der Waals surface area contributed by atoms with E-state index in [2.05, 4.69) is 33.5 Å². The average molecular weight is 325 g/mol. The molecule has 1 heterocycles. The van der Waals surface area contributed by atoms with Crippen LogP contribution in [0.15, 0.2) is 22.7 Å². The standard InChI is InChI=1S/C14H17BrN2O2/c1-7-12(8-2-3-8)16-11-5-4-9(15)6-10(11)13(7)17-14(18)19/h4-8,12-13,16-17H,2-3H2,1H3,(H,18,19)/t7-,12+,13-/m1/s1. The summed E-state index contributed by atoms with van der Waals surface area (Å²) in [5.41, 5.74) is 2.08. The van der Waals surface area contributed by atoms with Gasteiger partial charge in [0, 0.05) is 22.1 Å². The number of hydrogen-bond acceptors (Lipinski definition) is 2. The first-order valence-electron chi connectivity index (χ1n) is 6.61. The Morgan fingerprint density at radius 1 is 1.47 bits per heavy atom. The van der Waals surface area contributed by atoms with Crippen molar-refractivity contribution in [1.29, 1.82) is 0 Å². The van der Waals surface area contributed by atoms with Crippen LogP contribution >= 0.6 is 15.9 Å². The maximum absolute atomic E-state index is 11.1. The fourth-order valence-corrected chi connectivity index (χ4v) is 3.45. The number of amides is 1. The molecule has 0 unspecified atom stereocenters. The van der Waals surface area contributed by atoms with Crippen molar-refractivity contribution in [3.05, 3.63) is 28.2 Å². The number of halogens is 1. The summed E-state index contributed by atoms with van der Waals surface area (Å²) >= 11 is 3.46. The monoisotopic (exact) mass is 324 g/mol. The maximum atomic E-state index is 11.1. The smallest absolute Gasteiger partial charge is 0.405 e. The Hall–Kier alpha value is -1.23. The van der Waals surface area contributed by atoms with Gasteiger partial charge >= 0.3 is 6.09 Å². The van der Waals surface area contributed by atoms with Gasteiger partial charge in [0.05, 0.1) is 6.04 Å². The van der Waals surface area contributed by atoms with Crippen molar-refractivity contribution in [2.75, 3.05) is 5.32 Å². The van der Waals surface area contributed by atoms with Gasteiger partial charge in [0.2, 0.25) is 0 Å². The first-order chi connectivity index (χ1) is 9.06. The molecule has 0 spiro atoms. The molecule has 1 aromatic carbocycles. The highest BCUT2D eigenvalue weighted by Crippen LogP contribution is 2.46. The zero-order valence-corrected chi connectivity index (χ0v) is 12.3. The zero-order chi connectivity index (χ0) is 13.6. The molecule has 0 bridgehead atoms. The predicted molar refractivity (Wildman–Crippen MR) is 77.3 cm³/mol. The molecule has 2 aliphatic rings. The van der Waals surface area contributed by atoms with Gasteiger partial charge in [-0.25, -0.2) is 4.79 Å². The van der Waals surface area contributed by atoms with Crippen LogP contribution in [0, 0.1) is 11.8 Å². The van der Waals surface area contributed by atoms with E-state index in [9.17, 15) is 4.79 Å². The highest BCUT2D eigenvalue weighted by Gasteiger charge is 2.42. The van der Waals surface area contributed by atoms with Crippen LogP contribution in [0.3, 0.4) is 0 Å². The molecule has 5 heteroatoms. The van der Waals surface area contributed by atoms with Crippen LogP contribution in [-0.4, -0.2) is 17.2 Å². The van der Waals surface area contributed by atoms with E-state index in [0.717, 1.165) is 15.7 Å². The molecule has 1 amide bonds. The molecule has 1 aromatic rings. The molecule has 1 aliphatic heterocycles. The summed E-state index contributed by atoms with van der Waals surface area (Å²) in [6, 6.07) is 6.24. The van der Waals surface area contributed by atoms with Crippen LogP contribution in [0.1, 0.15) is 31.4 Å². The van der Waals surface area contributed by atoms with Crippen LogP contribution in [0.4, 0.5) is 10.5 Å². The lowest BCUT2D eigenvalue weighted by Crippen LogP contribution is -2.44. The molecule has 3 atom stereocenters. The molecule has 0 saturated heterocycles. The SMILES string of the molecule is C[C@@H]1[C@@H](C2CC2)Nc2ccc(Br)cc2[C@@H]1NC(=O)O. The molecule has 3 N–H and O–H groups in total. The second-order valence-electron chi connectivity index (χ2n) is 5.53. The third kappa shape index (κ3) is 2.43. The Labute approximate surface area is 120 Å². The summed E-state index contributed by atoms with van der Waals surface area (Å²) in [5.74, 6) is 0.940. The molecule has 4 nitrogen and oxygen atoms in total. The van der Waals surface area contributed by atoms with E-state index in [0.29, 0.717) is 12.0 Å². The number of hydrogen-bond donors (Lipinski definition) is 3. The average Bonchev–Trinajstić information content (AvgIpc) is 3.16. The number of benzene rings is 1. The lowest BCUT2D eigenvalue weighted by atomic mass is 9.82. The van der Waals surface area contributed by atoms with E-state index in [1.54, 1.807) is 0 Å². The number of fused-ring (bicyclic) bond motifs is 1. The second kappa shape index (κ2) is 4.71. The lowest BCUT2D eigenvalue weighted by Gasteiger charge is -2.39. The molecule has 3 rings (SSSR count). The van der Waals surface area contributed by atoms with Gasteiger partial charge in [-0.2, -0.15) is 0 Å². The maximum Gasteiger partial charge on any atom is 0.405 e. The van der Waals surface area contributed by atoms with E-state index in [1.165, 1.54) is 12.8 Å². The molecule has 102 valence electrons. The van der Waals surface area contributed by atoms with Gasteiger partial charge in [-0.15, -0.1) is 0 Å². The van der Waals surface area contributed by atoms with Crippen LogP contribution in [-0.2, 0) is 0 Å². The Kier molecular flexibility index (Phi) is 3.17. The number of nitrogens with one attached hydrogen (secondary N) is 2. The van der Waals surface area contributed by atoms with Crippen molar-refractivity contribution >= 4 is 27.7 Å². The van der Waals surface area contributed by atoms with Gasteiger partial charge in [-0.3, -0.25) is 0 Å². The molecule has 0 radical (unpaired) electrons. The zero-order valence-electron chi connectivity index (χ0n) is 10.7. The number of anilines is 1. The number of rotatable bonds is 2. The topological polar surface area (TPSA) is 61.4 Å². The van der Waals surface area contributed by atoms with Crippen molar-refractivity contribution < 1.29 is 9.90 Å². The quantitative estimate of drug-likeness (QED) is 0.779. The fraction of sp³-hybridized carbons (Fsp3) is 0.500. The Balaban J connectivity index is 1.98. The van der Waals surface area contributed by atoms with E-state index in [-0.39, 0.29) is 12.0 Å². The van der Waals surface area contributed by atoms with Crippen LogP contribution in [0.5, 0.6) is 0 Å². The third-order valence-corrected chi connectivity index (χ3v) is 4.67. The van der Waals surface area contributed by atoms with Crippen molar-refractivity contribution in [3.8, 4) is 0 Å². The van der Waals surface area contributed by atoms with Gasteiger partial charge in [0.15, 0.2) is 0 Å². The highest BCUT2D eigenvalue weighted by molar-refractivity contribution is 9.10. The van der Waals surface area contributed by atoms with Crippen molar-refractivity contribution in [1.82, 2.24) is 5.32 Å². The van der Waals surface area contributed by atoms with Crippen molar-refractivity contribution in [2.24, 2.45) is 11.8 Å². The van der Waals surface area contributed by atoms with Crippen LogP contribution in [0.25, 0.3) is 0 Å². The van der Waals surface area contributed by atoms with Gasteiger partial charge in [0.25, 0.3) is 0 Å². The summed E-state index contributed by atoms with van der Waals surface area (Å²) in [5, 5.41) is 15.3. The molecule has 19 heavy (non-hydrogen) atoms. The second-order valence-corrected chi connectivity index (χ2v) is 6.44. The lowest BCUT2D eigenvalue weighted by molar-refractivity contribution is 0.181. The van der Waals surface area contributed by atoms with Crippen LogP contribution < -0.4 is 10.6 Å². The van der Waals surface area contributed by atoms with Gasteiger partial charge < -0.3 is 15.7 Å². The summed E-state index contributed by atoms with van der Waals surface area (Å²) < 4.78 is 0.974. The Morgan fingerprint density at radius 2 is 2.21 bits per heavy atom. The highest BCUT2D eigenvalue weighted by atomic mass is 79.9. The Bertz CT molecular complexity index is 516. The van der Waals surface area contributed by atoms with Gasteiger partial charge in [-0.05, 0) is 42.5 Å². The summed E-state index contributed by atoms with van der Waals surface area (Å²) in [7, 11) is 0. The number of carbonyl (C=O) groups is 1. The number of carboxylic acid groups (broad SMARTS) is 1. The minimum absolute atomic E-state index is 0.142.